The molecule has 1 amide bonds. The van der Waals surface area contributed by atoms with Crippen LogP contribution in [-0.4, -0.2) is 40.6 Å². The van der Waals surface area contributed by atoms with Gasteiger partial charge in [0.05, 0.1) is 11.7 Å². The van der Waals surface area contributed by atoms with Crippen LogP contribution in [0.5, 0.6) is 0 Å². The van der Waals surface area contributed by atoms with Gasteiger partial charge in [0.2, 0.25) is 0 Å². The molecule has 4 nitrogen and oxygen atoms in total. The summed E-state index contributed by atoms with van der Waals surface area (Å²) in [5, 5.41) is 9.99. The van der Waals surface area contributed by atoms with Crippen molar-refractivity contribution in [1.82, 2.24) is 9.88 Å². The number of pyridine rings is 1. The molecular formula is C13H17ClN2O2. The van der Waals surface area contributed by atoms with E-state index < -0.39 is 0 Å². The number of aromatic nitrogens is 1. The van der Waals surface area contributed by atoms with E-state index in [0.717, 1.165) is 19.3 Å². The molecule has 1 aliphatic rings. The topological polar surface area (TPSA) is 53.4 Å². The predicted octanol–water partition coefficient (Wildman–Crippen LogP) is 1.97. The van der Waals surface area contributed by atoms with E-state index in [-0.39, 0.29) is 23.1 Å². The van der Waals surface area contributed by atoms with Crippen LogP contribution >= 0.6 is 11.6 Å². The molecule has 1 N–H and O–H groups in total. The summed E-state index contributed by atoms with van der Waals surface area (Å²) in [4.78, 5) is 17.7. The van der Waals surface area contributed by atoms with Crippen molar-refractivity contribution in [1.29, 1.82) is 0 Å². The fourth-order valence-electron chi connectivity index (χ4n) is 2.42. The van der Waals surface area contributed by atoms with E-state index in [4.69, 9.17) is 11.6 Å². The van der Waals surface area contributed by atoms with Gasteiger partial charge in [0.1, 0.15) is 5.15 Å². The second-order valence-electron chi connectivity index (χ2n) is 4.79. The lowest BCUT2D eigenvalue weighted by atomic mass is 10.1. The van der Waals surface area contributed by atoms with Crippen LogP contribution in [0, 0.1) is 5.92 Å². The maximum absolute atomic E-state index is 12.2. The molecule has 2 unspecified atom stereocenters. The molecule has 0 bridgehead atoms. The van der Waals surface area contributed by atoms with Crippen LogP contribution in [0.4, 0.5) is 0 Å². The first kappa shape index (κ1) is 13.3. The molecule has 0 radical (unpaired) electrons. The minimum atomic E-state index is -0.287. The molecule has 2 atom stereocenters. The molecule has 1 aliphatic carbocycles. The lowest BCUT2D eigenvalue weighted by molar-refractivity contribution is 0.0693. The number of amides is 1. The molecule has 0 aromatic carbocycles. The van der Waals surface area contributed by atoms with Crippen LogP contribution in [0.15, 0.2) is 18.3 Å². The first-order valence-electron chi connectivity index (χ1n) is 6.13. The van der Waals surface area contributed by atoms with Gasteiger partial charge in [-0.15, -0.1) is 0 Å². The largest absolute Gasteiger partial charge is 0.393 e. The van der Waals surface area contributed by atoms with E-state index in [1.807, 2.05) is 0 Å². The average molecular weight is 269 g/mol. The van der Waals surface area contributed by atoms with Crippen molar-refractivity contribution < 1.29 is 9.90 Å². The summed E-state index contributed by atoms with van der Waals surface area (Å²) < 4.78 is 0. The molecular weight excluding hydrogens is 252 g/mol. The van der Waals surface area contributed by atoms with Gasteiger partial charge in [0.25, 0.3) is 5.91 Å². The molecule has 18 heavy (non-hydrogen) atoms. The van der Waals surface area contributed by atoms with Crippen LogP contribution in [0.1, 0.15) is 29.6 Å². The maximum atomic E-state index is 12.2. The zero-order chi connectivity index (χ0) is 13.1. The Morgan fingerprint density at radius 3 is 3.00 bits per heavy atom. The molecule has 0 aliphatic heterocycles. The number of carbonyl (C=O) groups excluding carboxylic acids is 1. The Bertz CT molecular complexity index is 439. The fourth-order valence-corrected chi connectivity index (χ4v) is 2.62. The maximum Gasteiger partial charge on any atom is 0.256 e. The van der Waals surface area contributed by atoms with Crippen molar-refractivity contribution in [3.8, 4) is 0 Å². The molecule has 1 heterocycles. The van der Waals surface area contributed by atoms with E-state index >= 15 is 0 Å². The number of nitrogens with zero attached hydrogens (tertiary/aromatic N) is 2. The van der Waals surface area contributed by atoms with Crippen LogP contribution in [0.2, 0.25) is 5.15 Å². The average Bonchev–Trinajstić information content (AvgIpc) is 2.75. The molecule has 2 rings (SSSR count). The number of carbonyl (C=O) groups is 1. The number of aliphatic hydroxyl groups is 1. The summed E-state index contributed by atoms with van der Waals surface area (Å²) in [5.74, 6) is 0.0293. The third-order valence-electron chi connectivity index (χ3n) is 3.46. The highest BCUT2D eigenvalue weighted by atomic mass is 35.5. The molecule has 1 fully saturated rings. The number of rotatable bonds is 3. The minimum absolute atomic E-state index is 0.146. The Hall–Kier alpha value is -1.13. The zero-order valence-electron chi connectivity index (χ0n) is 10.3. The summed E-state index contributed by atoms with van der Waals surface area (Å²) in [5.41, 5.74) is 0.411. The lowest BCUT2D eigenvalue weighted by Crippen LogP contribution is -2.34. The van der Waals surface area contributed by atoms with E-state index in [9.17, 15) is 9.90 Å². The summed E-state index contributed by atoms with van der Waals surface area (Å²) >= 11 is 5.90. The first-order valence-corrected chi connectivity index (χ1v) is 6.51. The van der Waals surface area contributed by atoms with Gasteiger partial charge in [0, 0.05) is 25.7 Å². The number of halogens is 1. The minimum Gasteiger partial charge on any atom is -0.393 e. The molecule has 0 spiro atoms. The third kappa shape index (κ3) is 2.82. The Labute approximate surface area is 112 Å². The van der Waals surface area contributed by atoms with Crippen molar-refractivity contribution >= 4 is 17.5 Å². The summed E-state index contributed by atoms with van der Waals surface area (Å²) in [7, 11) is 1.73. The summed E-state index contributed by atoms with van der Waals surface area (Å²) in [6.07, 6.45) is 4.10. The normalized spacial score (nSPS) is 23.1. The van der Waals surface area contributed by atoms with E-state index in [2.05, 4.69) is 4.98 Å². The van der Waals surface area contributed by atoms with Crippen molar-refractivity contribution in [2.24, 2.45) is 5.92 Å². The van der Waals surface area contributed by atoms with Gasteiger partial charge in [-0.2, -0.15) is 0 Å². The van der Waals surface area contributed by atoms with E-state index in [0.29, 0.717) is 12.1 Å². The lowest BCUT2D eigenvalue weighted by Gasteiger charge is -2.23. The van der Waals surface area contributed by atoms with E-state index in [1.54, 1.807) is 30.3 Å². The van der Waals surface area contributed by atoms with Crippen molar-refractivity contribution in [3.05, 3.63) is 29.0 Å². The molecule has 0 saturated heterocycles. The zero-order valence-corrected chi connectivity index (χ0v) is 11.1. The van der Waals surface area contributed by atoms with Gasteiger partial charge in [-0.05, 0) is 25.0 Å². The van der Waals surface area contributed by atoms with Crippen LogP contribution < -0.4 is 0 Å². The molecule has 98 valence electrons. The summed E-state index contributed by atoms with van der Waals surface area (Å²) in [6.45, 7) is 0.561. The van der Waals surface area contributed by atoms with Crippen LogP contribution in [0.25, 0.3) is 0 Å². The fraction of sp³-hybridized carbons (Fsp3) is 0.538. The molecule has 1 aromatic heterocycles. The van der Waals surface area contributed by atoms with Gasteiger partial charge in [-0.25, -0.2) is 4.98 Å². The first-order chi connectivity index (χ1) is 8.59. The predicted molar refractivity (Wildman–Crippen MR) is 69.6 cm³/mol. The van der Waals surface area contributed by atoms with Gasteiger partial charge in [-0.1, -0.05) is 18.0 Å². The number of hydrogen-bond acceptors (Lipinski definition) is 3. The molecule has 1 aromatic rings. The van der Waals surface area contributed by atoms with Crippen molar-refractivity contribution in [3.63, 3.8) is 0 Å². The Kier molecular flexibility index (Phi) is 4.19. The highest BCUT2D eigenvalue weighted by Gasteiger charge is 2.28. The van der Waals surface area contributed by atoms with Crippen LogP contribution in [0.3, 0.4) is 0 Å². The monoisotopic (exact) mass is 268 g/mol. The second kappa shape index (κ2) is 5.67. The van der Waals surface area contributed by atoms with Crippen molar-refractivity contribution in [2.75, 3.05) is 13.6 Å². The smallest absolute Gasteiger partial charge is 0.256 e. The number of hydrogen-bond donors (Lipinski definition) is 1. The highest BCUT2D eigenvalue weighted by molar-refractivity contribution is 6.32. The number of aliphatic hydroxyl groups excluding tert-OH is 1. The third-order valence-corrected chi connectivity index (χ3v) is 3.76. The van der Waals surface area contributed by atoms with Gasteiger partial charge in [0.15, 0.2) is 0 Å². The molecule has 1 saturated carbocycles. The van der Waals surface area contributed by atoms with Crippen LogP contribution in [-0.2, 0) is 0 Å². The van der Waals surface area contributed by atoms with Gasteiger partial charge < -0.3 is 10.0 Å². The van der Waals surface area contributed by atoms with Crippen molar-refractivity contribution in [2.45, 2.75) is 25.4 Å². The van der Waals surface area contributed by atoms with Gasteiger partial charge >= 0.3 is 0 Å². The molecule has 5 heteroatoms. The Morgan fingerprint density at radius 1 is 1.61 bits per heavy atom. The highest BCUT2D eigenvalue weighted by Crippen LogP contribution is 2.26. The SMILES string of the molecule is CN(CC1CCCC1O)C(=O)c1cccnc1Cl. The van der Waals surface area contributed by atoms with Gasteiger partial charge in [-0.3, -0.25) is 4.79 Å². The standard InChI is InChI=1S/C13H17ClN2O2/c1-16(8-9-4-2-6-11(9)17)13(18)10-5-3-7-15-12(10)14/h3,5,7,9,11,17H,2,4,6,8H2,1H3. The Balaban J connectivity index is 2.03. The van der Waals surface area contributed by atoms with E-state index in [1.165, 1.54) is 0 Å². The summed E-state index contributed by atoms with van der Waals surface area (Å²) in [6, 6.07) is 3.36. The second-order valence-corrected chi connectivity index (χ2v) is 5.14. The Morgan fingerprint density at radius 2 is 2.39 bits per heavy atom. The quantitative estimate of drug-likeness (QED) is 0.853.